The number of anilines is 1. The molecular formula is C22H31Cl2N7O. The van der Waals surface area contributed by atoms with Gasteiger partial charge in [-0.15, -0.1) is 0 Å². The Morgan fingerprint density at radius 3 is 2.75 bits per heavy atom. The quantitative estimate of drug-likeness (QED) is 0.401. The average molecular weight is 480 g/mol. The van der Waals surface area contributed by atoms with E-state index in [9.17, 15) is 5.11 Å². The van der Waals surface area contributed by atoms with E-state index in [2.05, 4.69) is 52.7 Å². The van der Waals surface area contributed by atoms with Gasteiger partial charge >= 0.3 is 0 Å². The first kappa shape index (κ1) is 23.3. The number of fused-ring (bicyclic) bond motifs is 1. The number of aromatic nitrogens is 4. The first-order valence-corrected chi connectivity index (χ1v) is 11.6. The maximum atomic E-state index is 11.0. The smallest absolute Gasteiger partial charge is 0.156 e. The van der Waals surface area contributed by atoms with E-state index < -0.39 is 6.23 Å². The summed E-state index contributed by atoms with van der Waals surface area (Å²) in [4.78, 5) is 6.44. The lowest BCUT2D eigenvalue weighted by Crippen LogP contribution is -2.37. The standard InChI is InChI=1S/C22H31Cl2N7O/c1-22(2,3)14-8-13-16(9-15(14)23)28-29-20(13)26-11-17-27-19(24)18(31(17)5)21(32)30(4)12-6-7-25-10-12/h8-9,12,21,25,32H,6-7,10-11H2,1-5H3,(H2,26,28,29). The Morgan fingerprint density at radius 2 is 2.09 bits per heavy atom. The van der Waals surface area contributed by atoms with E-state index in [1.54, 1.807) is 0 Å². The summed E-state index contributed by atoms with van der Waals surface area (Å²) >= 11 is 12.9. The third-order valence-electron chi connectivity index (χ3n) is 6.30. The van der Waals surface area contributed by atoms with Crippen molar-refractivity contribution >= 4 is 39.9 Å². The van der Waals surface area contributed by atoms with Crippen LogP contribution in [-0.4, -0.2) is 55.9 Å². The van der Waals surface area contributed by atoms with Crippen LogP contribution in [0.5, 0.6) is 0 Å². The second kappa shape index (κ2) is 8.83. The Labute approximate surface area is 198 Å². The molecule has 0 bridgehead atoms. The van der Waals surface area contributed by atoms with E-state index in [4.69, 9.17) is 23.2 Å². The lowest BCUT2D eigenvalue weighted by atomic mass is 9.86. The van der Waals surface area contributed by atoms with Crippen molar-refractivity contribution in [3.05, 3.63) is 39.4 Å². The fourth-order valence-corrected chi connectivity index (χ4v) is 5.02. The van der Waals surface area contributed by atoms with Gasteiger partial charge in [0.2, 0.25) is 0 Å². The number of imidazole rings is 1. The molecular weight excluding hydrogens is 449 g/mol. The van der Waals surface area contributed by atoms with Crippen LogP contribution in [0.15, 0.2) is 12.1 Å². The molecule has 1 aromatic carbocycles. The van der Waals surface area contributed by atoms with Gasteiger partial charge in [-0.05, 0) is 43.1 Å². The lowest BCUT2D eigenvalue weighted by Gasteiger charge is -2.29. The molecule has 3 heterocycles. The van der Waals surface area contributed by atoms with Gasteiger partial charge in [0, 0.05) is 30.0 Å². The number of benzene rings is 1. The summed E-state index contributed by atoms with van der Waals surface area (Å²) in [5, 5.41) is 27.1. The molecule has 0 radical (unpaired) electrons. The van der Waals surface area contributed by atoms with Gasteiger partial charge in [0.05, 0.1) is 12.1 Å². The molecule has 8 nitrogen and oxygen atoms in total. The van der Waals surface area contributed by atoms with Crippen LogP contribution in [0, 0.1) is 0 Å². The summed E-state index contributed by atoms with van der Waals surface area (Å²) in [6.07, 6.45) is 0.158. The van der Waals surface area contributed by atoms with Crippen LogP contribution in [0.25, 0.3) is 10.9 Å². The molecule has 4 N–H and O–H groups in total. The topological polar surface area (TPSA) is 94.0 Å². The van der Waals surface area contributed by atoms with Crippen molar-refractivity contribution in [3.8, 4) is 0 Å². The van der Waals surface area contributed by atoms with Crippen molar-refractivity contribution in [1.29, 1.82) is 0 Å². The zero-order chi connectivity index (χ0) is 23.2. The van der Waals surface area contributed by atoms with Gasteiger partial charge in [0.25, 0.3) is 0 Å². The molecule has 3 aromatic rings. The number of nitrogens with zero attached hydrogens (tertiary/aromatic N) is 4. The number of likely N-dealkylation sites (N-methyl/N-ethyl adjacent to an activating group) is 1. The average Bonchev–Trinajstić information content (AvgIpc) is 3.44. The van der Waals surface area contributed by atoms with E-state index in [1.165, 1.54) is 0 Å². The van der Waals surface area contributed by atoms with Crippen molar-refractivity contribution in [2.24, 2.45) is 7.05 Å². The maximum absolute atomic E-state index is 11.0. The van der Waals surface area contributed by atoms with Crippen LogP contribution in [0.4, 0.5) is 5.82 Å². The van der Waals surface area contributed by atoms with E-state index in [0.717, 1.165) is 46.8 Å². The minimum atomic E-state index is -0.832. The van der Waals surface area contributed by atoms with Gasteiger partial charge in [-0.2, -0.15) is 5.10 Å². The monoisotopic (exact) mass is 479 g/mol. The SMILES string of the molecule is CN(C1CCNC1)C(O)c1c(Cl)nc(CNc2n[nH]c3cc(Cl)c(C(C)(C)C)cc23)n1C. The van der Waals surface area contributed by atoms with Crippen LogP contribution in [0.3, 0.4) is 0 Å². The van der Waals surface area contributed by atoms with Crippen molar-refractivity contribution in [1.82, 2.24) is 30.0 Å². The summed E-state index contributed by atoms with van der Waals surface area (Å²) in [5.74, 6) is 1.43. The Balaban J connectivity index is 1.56. The molecule has 32 heavy (non-hydrogen) atoms. The van der Waals surface area contributed by atoms with Crippen LogP contribution < -0.4 is 10.6 Å². The molecule has 2 aromatic heterocycles. The van der Waals surface area contributed by atoms with Gasteiger partial charge < -0.3 is 20.3 Å². The summed E-state index contributed by atoms with van der Waals surface area (Å²) in [5.41, 5.74) is 2.43. The Bertz CT molecular complexity index is 1110. The number of hydrogen-bond acceptors (Lipinski definition) is 6. The zero-order valence-electron chi connectivity index (χ0n) is 19.1. The molecule has 0 amide bonds. The molecule has 2 unspecified atom stereocenters. The Kier molecular flexibility index (Phi) is 6.44. The minimum absolute atomic E-state index is 0.0844. The number of hydrogen-bond donors (Lipinski definition) is 4. The highest BCUT2D eigenvalue weighted by Crippen LogP contribution is 2.35. The fourth-order valence-electron chi connectivity index (χ4n) is 4.25. The second-order valence-corrected chi connectivity index (χ2v) is 10.3. The van der Waals surface area contributed by atoms with Gasteiger partial charge in [0.1, 0.15) is 11.5 Å². The summed E-state index contributed by atoms with van der Waals surface area (Å²) in [6, 6.07) is 4.25. The largest absolute Gasteiger partial charge is 0.372 e. The van der Waals surface area contributed by atoms with Crippen molar-refractivity contribution < 1.29 is 5.11 Å². The van der Waals surface area contributed by atoms with Crippen LogP contribution in [0.1, 0.15) is 50.5 Å². The number of nitrogens with one attached hydrogen (secondary N) is 3. The normalized spacial score (nSPS) is 18.1. The highest BCUT2D eigenvalue weighted by Gasteiger charge is 2.29. The first-order valence-electron chi connectivity index (χ1n) is 10.8. The molecule has 0 aliphatic carbocycles. The predicted molar refractivity (Wildman–Crippen MR) is 129 cm³/mol. The molecule has 2 atom stereocenters. The van der Waals surface area contributed by atoms with E-state index in [-0.39, 0.29) is 11.5 Å². The van der Waals surface area contributed by atoms with E-state index in [1.807, 2.05) is 29.6 Å². The Morgan fingerprint density at radius 1 is 1.34 bits per heavy atom. The number of aromatic amines is 1. The molecule has 1 aliphatic rings. The van der Waals surface area contributed by atoms with Crippen LogP contribution >= 0.6 is 23.2 Å². The molecule has 1 aliphatic heterocycles. The number of H-pyrrole nitrogens is 1. The van der Waals surface area contributed by atoms with Gasteiger partial charge in [0.15, 0.2) is 17.2 Å². The Hall–Kier alpha value is -1.84. The number of aliphatic hydroxyl groups is 1. The third kappa shape index (κ3) is 4.34. The van der Waals surface area contributed by atoms with Crippen LogP contribution in [0.2, 0.25) is 10.2 Å². The molecule has 0 saturated carbocycles. The van der Waals surface area contributed by atoms with Crippen molar-refractivity contribution in [3.63, 3.8) is 0 Å². The predicted octanol–water partition coefficient (Wildman–Crippen LogP) is 3.80. The van der Waals surface area contributed by atoms with Gasteiger partial charge in [-0.3, -0.25) is 10.00 Å². The zero-order valence-corrected chi connectivity index (χ0v) is 20.6. The lowest BCUT2D eigenvalue weighted by molar-refractivity contribution is -0.00830. The minimum Gasteiger partial charge on any atom is -0.372 e. The number of aliphatic hydroxyl groups excluding tert-OH is 1. The molecule has 1 saturated heterocycles. The van der Waals surface area contributed by atoms with E-state index in [0.29, 0.717) is 23.2 Å². The number of rotatable bonds is 6. The maximum Gasteiger partial charge on any atom is 0.156 e. The van der Waals surface area contributed by atoms with E-state index >= 15 is 0 Å². The van der Waals surface area contributed by atoms with Crippen molar-refractivity contribution in [2.75, 3.05) is 25.5 Å². The third-order valence-corrected chi connectivity index (χ3v) is 6.89. The van der Waals surface area contributed by atoms with Crippen molar-refractivity contribution in [2.45, 2.75) is 51.4 Å². The summed E-state index contributed by atoms with van der Waals surface area (Å²) in [7, 11) is 3.78. The highest BCUT2D eigenvalue weighted by molar-refractivity contribution is 6.32. The molecule has 1 fully saturated rings. The number of halogens is 2. The summed E-state index contributed by atoms with van der Waals surface area (Å²) in [6.45, 7) is 8.61. The summed E-state index contributed by atoms with van der Waals surface area (Å²) < 4.78 is 1.85. The molecule has 0 spiro atoms. The van der Waals surface area contributed by atoms with Gasteiger partial charge in [-0.25, -0.2) is 4.98 Å². The molecule has 4 rings (SSSR count). The van der Waals surface area contributed by atoms with Gasteiger partial charge in [-0.1, -0.05) is 44.0 Å². The first-order chi connectivity index (χ1) is 15.1. The highest BCUT2D eigenvalue weighted by atomic mass is 35.5. The fraction of sp³-hybridized carbons (Fsp3) is 0.545. The molecule has 174 valence electrons. The van der Waals surface area contributed by atoms with Crippen LogP contribution in [-0.2, 0) is 19.0 Å². The molecule has 10 heteroatoms. The second-order valence-electron chi connectivity index (χ2n) is 9.50.